The number of piperidine rings is 1. The molecule has 122 valence electrons. The topological polar surface area (TPSA) is 32.3 Å². The van der Waals surface area contributed by atoms with Crippen molar-refractivity contribution in [1.29, 1.82) is 0 Å². The highest BCUT2D eigenvalue weighted by molar-refractivity contribution is 7.13. The summed E-state index contributed by atoms with van der Waals surface area (Å²) in [6.45, 7) is 5.00. The summed E-state index contributed by atoms with van der Waals surface area (Å²) in [5.41, 5.74) is 1.64. The van der Waals surface area contributed by atoms with Crippen molar-refractivity contribution in [2.75, 3.05) is 13.1 Å². The van der Waals surface area contributed by atoms with Gasteiger partial charge in [-0.3, -0.25) is 4.79 Å². The molecular formula is C18H22N2OS2. The van der Waals surface area contributed by atoms with E-state index in [-0.39, 0.29) is 5.91 Å². The van der Waals surface area contributed by atoms with Gasteiger partial charge in [-0.05, 0) is 79.2 Å². The highest BCUT2D eigenvalue weighted by atomic mass is 32.1. The van der Waals surface area contributed by atoms with Crippen LogP contribution in [0.4, 0.5) is 0 Å². The third-order valence-electron chi connectivity index (χ3n) is 5.27. The molecule has 1 aliphatic heterocycles. The quantitative estimate of drug-likeness (QED) is 0.910. The SMILES string of the molecule is Cc1ccc(C(=O)N(Cc2ccsc2)C2CC23CCNCC3)s1. The second kappa shape index (κ2) is 6.04. The van der Waals surface area contributed by atoms with Gasteiger partial charge in [0.05, 0.1) is 4.88 Å². The van der Waals surface area contributed by atoms with Crippen LogP contribution in [-0.2, 0) is 6.54 Å². The van der Waals surface area contributed by atoms with Crippen LogP contribution in [0.25, 0.3) is 0 Å². The van der Waals surface area contributed by atoms with Gasteiger partial charge in [-0.25, -0.2) is 0 Å². The summed E-state index contributed by atoms with van der Waals surface area (Å²) in [5, 5.41) is 7.71. The number of nitrogens with zero attached hydrogens (tertiary/aromatic N) is 1. The average Bonchev–Trinajstić information content (AvgIpc) is 2.97. The van der Waals surface area contributed by atoms with Gasteiger partial charge < -0.3 is 10.2 Å². The zero-order valence-corrected chi connectivity index (χ0v) is 15.0. The van der Waals surface area contributed by atoms with Crippen molar-refractivity contribution in [2.45, 2.75) is 38.8 Å². The maximum atomic E-state index is 13.1. The van der Waals surface area contributed by atoms with Crippen molar-refractivity contribution >= 4 is 28.6 Å². The zero-order chi connectivity index (χ0) is 15.9. The summed E-state index contributed by atoms with van der Waals surface area (Å²) in [4.78, 5) is 17.4. The Balaban J connectivity index is 1.58. The summed E-state index contributed by atoms with van der Waals surface area (Å²) >= 11 is 3.32. The van der Waals surface area contributed by atoms with Crippen LogP contribution in [0.5, 0.6) is 0 Å². The first-order valence-corrected chi connectivity index (χ1v) is 10.0. The third kappa shape index (κ3) is 2.97. The molecule has 3 heterocycles. The predicted octanol–water partition coefficient (Wildman–Crippen LogP) is 3.90. The van der Waals surface area contributed by atoms with Gasteiger partial charge in [0.25, 0.3) is 5.91 Å². The normalized spacial score (nSPS) is 22.2. The summed E-state index contributed by atoms with van der Waals surface area (Å²) in [5.74, 6) is 0.217. The van der Waals surface area contributed by atoms with Gasteiger partial charge in [-0.15, -0.1) is 11.3 Å². The molecular weight excluding hydrogens is 324 g/mol. The van der Waals surface area contributed by atoms with Crippen LogP contribution in [0.2, 0.25) is 0 Å². The molecule has 2 aromatic heterocycles. The molecule has 5 heteroatoms. The number of hydrogen-bond acceptors (Lipinski definition) is 4. The molecule has 0 aromatic carbocycles. The highest BCUT2D eigenvalue weighted by Gasteiger charge is 2.57. The molecule has 4 rings (SSSR count). The number of amides is 1. The molecule has 1 saturated heterocycles. The Bertz CT molecular complexity index is 686. The minimum Gasteiger partial charge on any atom is -0.330 e. The standard InChI is InChI=1S/C18H22N2OS2/c1-13-2-3-15(23-13)17(21)20(11-14-4-9-22-12-14)16-10-18(16)5-7-19-8-6-18/h2-4,9,12,16,19H,5-8,10-11H2,1H3. The number of aryl methyl sites for hydroxylation is 1. The van der Waals surface area contributed by atoms with Crippen LogP contribution in [0.3, 0.4) is 0 Å². The molecule has 1 atom stereocenters. The lowest BCUT2D eigenvalue weighted by Gasteiger charge is -2.29. The maximum Gasteiger partial charge on any atom is 0.264 e. The lowest BCUT2D eigenvalue weighted by molar-refractivity contribution is 0.0697. The van der Waals surface area contributed by atoms with Crippen molar-refractivity contribution in [3.8, 4) is 0 Å². The molecule has 2 aromatic rings. The second-order valence-electron chi connectivity index (χ2n) is 6.81. The molecule has 1 amide bonds. The number of rotatable bonds is 4. The number of carbonyl (C=O) groups is 1. The van der Waals surface area contributed by atoms with Gasteiger partial charge in [0.1, 0.15) is 0 Å². The molecule has 1 N–H and O–H groups in total. The van der Waals surface area contributed by atoms with E-state index in [0.717, 1.165) is 24.5 Å². The minimum absolute atomic E-state index is 0.217. The van der Waals surface area contributed by atoms with Crippen LogP contribution < -0.4 is 5.32 Å². The number of carbonyl (C=O) groups excluding carboxylic acids is 1. The molecule has 1 spiro atoms. The molecule has 23 heavy (non-hydrogen) atoms. The molecule has 2 fully saturated rings. The van der Waals surface area contributed by atoms with E-state index in [1.165, 1.54) is 29.7 Å². The molecule has 0 bridgehead atoms. The van der Waals surface area contributed by atoms with Crippen molar-refractivity contribution in [1.82, 2.24) is 10.2 Å². The Morgan fingerprint density at radius 2 is 2.17 bits per heavy atom. The Morgan fingerprint density at radius 1 is 1.35 bits per heavy atom. The van der Waals surface area contributed by atoms with Gasteiger partial charge in [0, 0.05) is 17.5 Å². The van der Waals surface area contributed by atoms with Crippen molar-refractivity contribution < 1.29 is 4.79 Å². The highest BCUT2D eigenvalue weighted by Crippen LogP contribution is 2.56. The fourth-order valence-electron chi connectivity index (χ4n) is 3.82. The van der Waals surface area contributed by atoms with E-state index in [9.17, 15) is 4.79 Å². The van der Waals surface area contributed by atoms with E-state index in [4.69, 9.17) is 0 Å². The number of hydrogen-bond donors (Lipinski definition) is 1. The average molecular weight is 347 g/mol. The largest absolute Gasteiger partial charge is 0.330 e. The first-order chi connectivity index (χ1) is 11.2. The van der Waals surface area contributed by atoms with Gasteiger partial charge in [-0.1, -0.05) is 0 Å². The first-order valence-electron chi connectivity index (χ1n) is 8.27. The van der Waals surface area contributed by atoms with Gasteiger partial charge >= 0.3 is 0 Å². The van der Waals surface area contributed by atoms with E-state index in [2.05, 4.69) is 34.0 Å². The van der Waals surface area contributed by atoms with Crippen molar-refractivity contribution in [3.05, 3.63) is 44.3 Å². The van der Waals surface area contributed by atoms with Gasteiger partial charge in [0.15, 0.2) is 0 Å². The van der Waals surface area contributed by atoms with E-state index in [1.54, 1.807) is 22.7 Å². The molecule has 2 aliphatic rings. The fourth-order valence-corrected chi connectivity index (χ4v) is 5.31. The van der Waals surface area contributed by atoms with Crippen LogP contribution in [-0.4, -0.2) is 29.9 Å². The number of nitrogens with one attached hydrogen (secondary N) is 1. The second-order valence-corrected chi connectivity index (χ2v) is 8.88. The lowest BCUT2D eigenvalue weighted by Crippen LogP contribution is -2.38. The first kappa shape index (κ1) is 15.4. The van der Waals surface area contributed by atoms with Crippen molar-refractivity contribution in [2.24, 2.45) is 5.41 Å². The Kier molecular flexibility index (Phi) is 4.03. The van der Waals surface area contributed by atoms with Crippen LogP contribution in [0, 0.1) is 12.3 Å². The summed E-state index contributed by atoms with van der Waals surface area (Å²) in [6.07, 6.45) is 3.58. The van der Waals surface area contributed by atoms with Crippen LogP contribution in [0.15, 0.2) is 29.0 Å². The molecule has 3 nitrogen and oxygen atoms in total. The zero-order valence-electron chi connectivity index (χ0n) is 13.4. The van der Waals surface area contributed by atoms with Gasteiger partial charge in [-0.2, -0.15) is 11.3 Å². The van der Waals surface area contributed by atoms with Crippen molar-refractivity contribution in [3.63, 3.8) is 0 Å². The van der Waals surface area contributed by atoms with E-state index >= 15 is 0 Å². The van der Waals surface area contributed by atoms with E-state index < -0.39 is 0 Å². The van der Waals surface area contributed by atoms with Crippen LogP contribution in [0.1, 0.15) is 39.4 Å². The molecule has 1 aliphatic carbocycles. The molecule has 1 unspecified atom stereocenters. The molecule has 1 saturated carbocycles. The maximum absolute atomic E-state index is 13.1. The lowest BCUT2D eigenvalue weighted by atomic mass is 9.93. The molecule has 0 radical (unpaired) electrons. The summed E-state index contributed by atoms with van der Waals surface area (Å²) in [7, 11) is 0. The fraction of sp³-hybridized carbons (Fsp3) is 0.500. The predicted molar refractivity (Wildman–Crippen MR) is 96.2 cm³/mol. The third-order valence-corrected chi connectivity index (χ3v) is 6.99. The van der Waals surface area contributed by atoms with Crippen LogP contribution >= 0.6 is 22.7 Å². The Hall–Kier alpha value is -1.17. The van der Waals surface area contributed by atoms with Gasteiger partial charge in [0.2, 0.25) is 0 Å². The van der Waals surface area contributed by atoms with E-state index in [1.807, 2.05) is 12.1 Å². The summed E-state index contributed by atoms with van der Waals surface area (Å²) in [6, 6.07) is 6.59. The Labute approximate surface area is 145 Å². The minimum atomic E-state index is 0.217. The Morgan fingerprint density at radius 3 is 2.83 bits per heavy atom. The van der Waals surface area contributed by atoms with E-state index in [0.29, 0.717) is 11.5 Å². The smallest absolute Gasteiger partial charge is 0.264 e. The number of thiophene rings is 2. The summed E-state index contributed by atoms with van der Waals surface area (Å²) < 4.78 is 0. The monoisotopic (exact) mass is 346 g/mol.